The molecule has 1 nitrogen and oxygen atoms in total. The predicted molar refractivity (Wildman–Crippen MR) is 69.8 cm³/mol. The average molecular weight is 207 g/mol. The molecule has 0 radical (unpaired) electrons. The van der Waals surface area contributed by atoms with Gasteiger partial charge in [0.2, 0.25) is 0 Å². The van der Waals surface area contributed by atoms with Crippen LogP contribution in [-0.2, 0) is 0 Å². The Kier molecular flexibility index (Phi) is 7.79. The minimum Gasteiger partial charge on any atom is -0.385 e. The van der Waals surface area contributed by atoms with Crippen LogP contribution in [0.15, 0.2) is 36.1 Å². The van der Waals surface area contributed by atoms with Crippen LogP contribution in [0.2, 0.25) is 0 Å². The molecule has 0 amide bonds. The van der Waals surface area contributed by atoms with Crippen molar-refractivity contribution in [2.45, 2.75) is 53.0 Å². The van der Waals surface area contributed by atoms with E-state index >= 15 is 0 Å². The minimum absolute atomic E-state index is 0.413. The third kappa shape index (κ3) is 7.01. The number of rotatable bonds is 7. The summed E-state index contributed by atoms with van der Waals surface area (Å²) in [6.07, 6.45) is 9.55. The Hall–Kier alpha value is -0.980. The van der Waals surface area contributed by atoms with Crippen molar-refractivity contribution < 1.29 is 0 Å². The van der Waals surface area contributed by atoms with Gasteiger partial charge in [0.05, 0.1) is 0 Å². The van der Waals surface area contributed by atoms with Crippen LogP contribution in [0.25, 0.3) is 0 Å². The van der Waals surface area contributed by atoms with E-state index in [1.807, 2.05) is 6.08 Å². The predicted octanol–water partition coefficient (Wildman–Crippen LogP) is 4.19. The number of hydrogen-bond acceptors (Lipinski definition) is 1. The van der Waals surface area contributed by atoms with E-state index in [1.165, 1.54) is 11.1 Å². The third-order valence-corrected chi connectivity index (χ3v) is 2.50. The molecule has 0 aromatic heterocycles. The molecule has 0 saturated heterocycles. The van der Waals surface area contributed by atoms with Gasteiger partial charge in [-0.2, -0.15) is 0 Å². The average Bonchev–Trinajstić information content (AvgIpc) is 2.23. The molecular formula is C14H25N. The number of nitrogens with one attached hydrogen (secondary N) is 1. The van der Waals surface area contributed by atoms with Gasteiger partial charge in [0.15, 0.2) is 0 Å². The van der Waals surface area contributed by atoms with Crippen LogP contribution in [0.4, 0.5) is 0 Å². The minimum atomic E-state index is 0.413. The van der Waals surface area contributed by atoms with Gasteiger partial charge >= 0.3 is 0 Å². The lowest BCUT2D eigenvalue weighted by Gasteiger charge is -2.10. The molecule has 0 bridgehead atoms. The Morgan fingerprint density at radius 1 is 1.33 bits per heavy atom. The topological polar surface area (TPSA) is 12.0 Å². The van der Waals surface area contributed by atoms with Gasteiger partial charge < -0.3 is 5.32 Å². The molecule has 15 heavy (non-hydrogen) atoms. The summed E-state index contributed by atoms with van der Waals surface area (Å²) in [6, 6.07) is 0.413. The van der Waals surface area contributed by atoms with E-state index in [1.54, 1.807) is 0 Å². The van der Waals surface area contributed by atoms with Gasteiger partial charge in [0.25, 0.3) is 0 Å². The van der Waals surface area contributed by atoms with E-state index in [0.717, 1.165) is 19.3 Å². The van der Waals surface area contributed by atoms with Crippen molar-refractivity contribution >= 4 is 0 Å². The lowest BCUT2D eigenvalue weighted by molar-refractivity contribution is 0.747. The third-order valence-electron chi connectivity index (χ3n) is 2.50. The Bertz CT molecular complexity index is 236. The second kappa shape index (κ2) is 8.34. The van der Waals surface area contributed by atoms with Gasteiger partial charge in [-0.15, -0.1) is 6.58 Å². The first-order chi connectivity index (χ1) is 7.13. The van der Waals surface area contributed by atoms with Crippen molar-refractivity contribution in [3.8, 4) is 0 Å². The van der Waals surface area contributed by atoms with Crippen molar-refractivity contribution in [2.24, 2.45) is 0 Å². The monoisotopic (exact) mass is 207 g/mol. The molecule has 0 spiro atoms. The zero-order chi connectivity index (χ0) is 11.7. The fourth-order valence-electron chi connectivity index (χ4n) is 1.33. The Balaban J connectivity index is 4.16. The first kappa shape index (κ1) is 14.0. The van der Waals surface area contributed by atoms with Crippen molar-refractivity contribution in [3.05, 3.63) is 36.1 Å². The van der Waals surface area contributed by atoms with Crippen LogP contribution < -0.4 is 5.32 Å². The molecule has 0 heterocycles. The summed E-state index contributed by atoms with van der Waals surface area (Å²) in [4.78, 5) is 0. The van der Waals surface area contributed by atoms with E-state index in [-0.39, 0.29) is 0 Å². The highest BCUT2D eigenvalue weighted by Gasteiger charge is 1.95. The summed E-state index contributed by atoms with van der Waals surface area (Å²) in [5.74, 6) is 0. The fourth-order valence-corrected chi connectivity index (χ4v) is 1.33. The van der Waals surface area contributed by atoms with Crippen LogP contribution in [0, 0.1) is 0 Å². The van der Waals surface area contributed by atoms with Gasteiger partial charge in [0.1, 0.15) is 0 Å². The molecule has 0 fully saturated rings. The molecule has 0 rings (SSSR count). The summed E-state index contributed by atoms with van der Waals surface area (Å²) >= 11 is 0. The summed E-state index contributed by atoms with van der Waals surface area (Å²) in [5.41, 5.74) is 2.84. The first-order valence-corrected chi connectivity index (χ1v) is 5.86. The smallest absolute Gasteiger partial charge is 0.0413 e. The Morgan fingerprint density at radius 3 is 2.47 bits per heavy atom. The van der Waals surface area contributed by atoms with Gasteiger partial charge in [-0.3, -0.25) is 0 Å². The molecule has 1 unspecified atom stereocenters. The maximum absolute atomic E-state index is 3.76. The van der Waals surface area contributed by atoms with Gasteiger partial charge in [-0.05, 0) is 39.3 Å². The zero-order valence-electron chi connectivity index (χ0n) is 10.6. The van der Waals surface area contributed by atoms with Crippen LogP contribution in [0.1, 0.15) is 47.0 Å². The molecule has 1 atom stereocenters. The van der Waals surface area contributed by atoms with E-state index in [0.29, 0.717) is 6.04 Å². The summed E-state index contributed by atoms with van der Waals surface area (Å²) < 4.78 is 0. The molecule has 0 aromatic carbocycles. The quantitative estimate of drug-likeness (QED) is 0.617. The van der Waals surface area contributed by atoms with Crippen LogP contribution >= 0.6 is 0 Å². The summed E-state index contributed by atoms with van der Waals surface area (Å²) in [5, 5.41) is 3.40. The molecule has 86 valence electrons. The van der Waals surface area contributed by atoms with Crippen molar-refractivity contribution in [1.29, 1.82) is 0 Å². The van der Waals surface area contributed by atoms with Crippen LogP contribution in [-0.4, -0.2) is 6.04 Å². The molecule has 0 saturated carbocycles. The number of hydrogen-bond donors (Lipinski definition) is 1. The highest BCUT2D eigenvalue weighted by atomic mass is 14.9. The summed E-state index contributed by atoms with van der Waals surface area (Å²) in [7, 11) is 0. The van der Waals surface area contributed by atoms with E-state index in [4.69, 9.17) is 0 Å². The standard InChI is InChI=1S/C14H25N/c1-6-9-14(8-3)11-15-13(5)10-12(4)7-2/h6,10-11,13,15H,1,7-9H2,2-5H3/b12-10-,14-11-. The second-order valence-electron chi connectivity index (χ2n) is 3.97. The lowest BCUT2D eigenvalue weighted by atomic mass is 10.1. The van der Waals surface area contributed by atoms with Crippen LogP contribution in [0.5, 0.6) is 0 Å². The SMILES string of the molecule is C=CC/C(=C\NC(C)/C=C(/C)CC)CC. The molecular weight excluding hydrogens is 182 g/mol. The highest BCUT2D eigenvalue weighted by molar-refractivity contribution is 5.08. The van der Waals surface area contributed by atoms with Crippen molar-refractivity contribution in [3.63, 3.8) is 0 Å². The van der Waals surface area contributed by atoms with Crippen molar-refractivity contribution in [1.82, 2.24) is 5.32 Å². The summed E-state index contributed by atoms with van der Waals surface area (Å²) in [6.45, 7) is 12.5. The van der Waals surface area contributed by atoms with Crippen molar-refractivity contribution in [2.75, 3.05) is 0 Å². The Morgan fingerprint density at radius 2 is 2.00 bits per heavy atom. The number of allylic oxidation sites excluding steroid dienone is 3. The van der Waals surface area contributed by atoms with Gasteiger partial charge in [-0.1, -0.05) is 37.1 Å². The Labute approximate surface area is 95.0 Å². The second-order valence-corrected chi connectivity index (χ2v) is 3.97. The molecule has 0 aliphatic rings. The normalized spacial score (nSPS) is 14.9. The zero-order valence-corrected chi connectivity index (χ0v) is 10.6. The first-order valence-electron chi connectivity index (χ1n) is 5.86. The van der Waals surface area contributed by atoms with Gasteiger partial charge in [0, 0.05) is 6.04 Å². The van der Waals surface area contributed by atoms with Crippen LogP contribution in [0.3, 0.4) is 0 Å². The van der Waals surface area contributed by atoms with Gasteiger partial charge in [-0.25, -0.2) is 0 Å². The lowest BCUT2D eigenvalue weighted by Crippen LogP contribution is -2.18. The maximum atomic E-state index is 3.76. The molecule has 0 aromatic rings. The van der Waals surface area contributed by atoms with E-state index in [9.17, 15) is 0 Å². The largest absolute Gasteiger partial charge is 0.385 e. The molecule has 0 aliphatic carbocycles. The molecule has 1 heteroatoms. The highest BCUT2D eigenvalue weighted by Crippen LogP contribution is 2.06. The fraction of sp³-hybridized carbons (Fsp3) is 0.571. The maximum Gasteiger partial charge on any atom is 0.0413 e. The molecule has 1 N–H and O–H groups in total. The van der Waals surface area contributed by atoms with E-state index in [2.05, 4.69) is 51.9 Å². The molecule has 0 aliphatic heterocycles. The van der Waals surface area contributed by atoms with E-state index < -0.39 is 0 Å².